The first-order valence-corrected chi connectivity index (χ1v) is 5.73. The van der Waals surface area contributed by atoms with Crippen LogP contribution in [0, 0.1) is 0 Å². The van der Waals surface area contributed by atoms with Crippen LogP contribution in [-0.2, 0) is 0 Å². The maximum atomic E-state index is 12.3. The van der Waals surface area contributed by atoms with E-state index >= 15 is 0 Å². The van der Waals surface area contributed by atoms with Gasteiger partial charge in [-0.05, 0) is 24.3 Å². The Balaban J connectivity index is 2.72. The van der Waals surface area contributed by atoms with Crippen LogP contribution in [0.25, 0.3) is 21.8 Å². The molecule has 0 N–H and O–H groups in total. The van der Waals surface area contributed by atoms with Gasteiger partial charge < -0.3 is 0 Å². The Morgan fingerprint density at radius 3 is 1.78 bits per heavy atom. The normalized spacial score (nSPS) is 10.9. The van der Waals surface area contributed by atoms with Crippen molar-refractivity contribution in [1.29, 1.82) is 0 Å². The third-order valence-corrected chi connectivity index (χ3v) is 3.09. The van der Waals surface area contributed by atoms with Crippen molar-refractivity contribution < 1.29 is 4.79 Å². The summed E-state index contributed by atoms with van der Waals surface area (Å²) in [5.41, 5.74) is 1.29. The lowest BCUT2D eigenvalue weighted by Crippen LogP contribution is -2.15. The summed E-state index contributed by atoms with van der Waals surface area (Å²) in [5, 5.41) is 1.15. The molecule has 3 aromatic rings. The van der Waals surface area contributed by atoms with Gasteiger partial charge in [-0.2, -0.15) is 0 Å². The Hall–Kier alpha value is -2.42. The number of carbonyl (C=O) groups is 1. The van der Waals surface area contributed by atoms with E-state index in [-0.39, 0.29) is 11.3 Å². The van der Waals surface area contributed by atoms with E-state index in [4.69, 9.17) is 0 Å². The highest BCUT2D eigenvalue weighted by Gasteiger charge is 2.11. The summed E-state index contributed by atoms with van der Waals surface area (Å²) in [7, 11) is 0. The van der Waals surface area contributed by atoms with Crippen LogP contribution < -0.4 is 5.43 Å². The molecule has 3 rings (SSSR count). The lowest BCUT2D eigenvalue weighted by Gasteiger charge is -2.11. The molecule has 0 saturated carbocycles. The monoisotopic (exact) mass is 237 g/mol. The third-order valence-electron chi connectivity index (χ3n) is 3.09. The summed E-state index contributed by atoms with van der Waals surface area (Å²) in [6, 6.07) is 14.4. The number of pyridine rings is 1. The van der Waals surface area contributed by atoms with Crippen molar-refractivity contribution in [3.63, 3.8) is 0 Å². The number of hydrogen-bond donors (Lipinski definition) is 0. The minimum Gasteiger partial charge on any atom is -0.288 e. The summed E-state index contributed by atoms with van der Waals surface area (Å²) in [4.78, 5) is 24.2. The molecule has 3 heteroatoms. The second kappa shape index (κ2) is 3.81. The second-order valence-corrected chi connectivity index (χ2v) is 4.22. The molecule has 0 bridgehead atoms. The van der Waals surface area contributed by atoms with Crippen molar-refractivity contribution in [2.24, 2.45) is 0 Å². The first-order valence-electron chi connectivity index (χ1n) is 5.73. The van der Waals surface area contributed by atoms with Gasteiger partial charge in [-0.1, -0.05) is 24.3 Å². The zero-order valence-electron chi connectivity index (χ0n) is 9.88. The number of rotatable bonds is 0. The van der Waals surface area contributed by atoms with E-state index < -0.39 is 0 Å². The van der Waals surface area contributed by atoms with E-state index in [0.29, 0.717) is 21.8 Å². The first kappa shape index (κ1) is 10.7. The summed E-state index contributed by atoms with van der Waals surface area (Å²) < 4.78 is 1.59. The average molecular weight is 237 g/mol. The molecule has 0 saturated heterocycles. The quantitative estimate of drug-likeness (QED) is 0.564. The number of fused-ring (bicyclic) bond motifs is 2. The van der Waals surface area contributed by atoms with Gasteiger partial charge in [0.2, 0.25) is 5.91 Å². The molecule has 0 atom stereocenters. The minimum absolute atomic E-state index is 0.0290. The molecule has 0 spiro atoms. The van der Waals surface area contributed by atoms with Crippen LogP contribution in [0.5, 0.6) is 0 Å². The first-order chi connectivity index (χ1) is 8.70. The highest BCUT2D eigenvalue weighted by atomic mass is 16.1. The average Bonchev–Trinajstić information content (AvgIpc) is 2.39. The fourth-order valence-corrected chi connectivity index (χ4v) is 2.34. The minimum atomic E-state index is -0.0950. The molecule has 88 valence electrons. The number of nitrogens with zero attached hydrogens (tertiary/aromatic N) is 1. The summed E-state index contributed by atoms with van der Waals surface area (Å²) >= 11 is 0. The molecule has 0 fully saturated rings. The van der Waals surface area contributed by atoms with Gasteiger partial charge in [0.1, 0.15) is 0 Å². The van der Waals surface area contributed by atoms with E-state index in [9.17, 15) is 9.59 Å². The fraction of sp³-hybridized carbons (Fsp3) is 0.0667. The molecular weight excluding hydrogens is 226 g/mol. The smallest absolute Gasteiger partial charge is 0.228 e. The van der Waals surface area contributed by atoms with Gasteiger partial charge in [0.25, 0.3) is 0 Å². The fourth-order valence-electron chi connectivity index (χ4n) is 2.34. The zero-order chi connectivity index (χ0) is 12.7. The number of para-hydroxylation sites is 2. The largest absolute Gasteiger partial charge is 0.288 e. The van der Waals surface area contributed by atoms with Crippen molar-refractivity contribution >= 4 is 27.7 Å². The van der Waals surface area contributed by atoms with Crippen molar-refractivity contribution in [3.05, 3.63) is 58.8 Å². The molecule has 0 unspecified atom stereocenters. The van der Waals surface area contributed by atoms with E-state index in [0.717, 1.165) is 0 Å². The van der Waals surface area contributed by atoms with Crippen LogP contribution in [0.4, 0.5) is 0 Å². The maximum Gasteiger partial charge on any atom is 0.228 e. The van der Waals surface area contributed by atoms with E-state index in [1.54, 1.807) is 28.8 Å². The molecule has 2 aromatic carbocycles. The van der Waals surface area contributed by atoms with E-state index in [2.05, 4.69) is 0 Å². The van der Waals surface area contributed by atoms with Crippen molar-refractivity contribution in [1.82, 2.24) is 4.57 Å². The number of hydrogen-bond acceptors (Lipinski definition) is 2. The van der Waals surface area contributed by atoms with Gasteiger partial charge >= 0.3 is 0 Å². The number of benzene rings is 2. The van der Waals surface area contributed by atoms with E-state index in [1.807, 2.05) is 24.3 Å². The molecule has 0 aliphatic heterocycles. The number of carbonyl (C=O) groups excluding carboxylic acids is 1. The molecule has 0 aliphatic carbocycles. The Kier molecular flexibility index (Phi) is 2.27. The zero-order valence-corrected chi connectivity index (χ0v) is 9.88. The lowest BCUT2D eigenvalue weighted by atomic mass is 10.1. The highest BCUT2D eigenvalue weighted by molar-refractivity contribution is 6.01. The van der Waals surface area contributed by atoms with Crippen LogP contribution in [0.3, 0.4) is 0 Å². The van der Waals surface area contributed by atoms with Gasteiger partial charge in [-0.3, -0.25) is 14.2 Å². The molecular formula is C15H11NO2. The van der Waals surface area contributed by atoms with E-state index in [1.165, 1.54) is 6.92 Å². The van der Waals surface area contributed by atoms with Crippen molar-refractivity contribution in [2.75, 3.05) is 0 Å². The Labute approximate surface area is 103 Å². The summed E-state index contributed by atoms with van der Waals surface area (Å²) in [6.45, 7) is 1.50. The highest BCUT2D eigenvalue weighted by Crippen LogP contribution is 2.18. The van der Waals surface area contributed by atoms with Crippen LogP contribution in [0.1, 0.15) is 11.7 Å². The predicted molar refractivity (Wildman–Crippen MR) is 72.0 cm³/mol. The molecule has 1 aromatic heterocycles. The molecule has 3 nitrogen and oxygen atoms in total. The second-order valence-electron chi connectivity index (χ2n) is 4.22. The van der Waals surface area contributed by atoms with Crippen LogP contribution in [0.15, 0.2) is 53.3 Å². The Bertz CT molecular complexity index is 771. The molecule has 0 radical (unpaired) electrons. The van der Waals surface area contributed by atoms with Crippen molar-refractivity contribution in [2.45, 2.75) is 6.92 Å². The third kappa shape index (κ3) is 1.37. The number of aromatic nitrogens is 1. The summed E-state index contributed by atoms with van der Waals surface area (Å²) in [5.74, 6) is -0.0950. The topological polar surface area (TPSA) is 39.1 Å². The Morgan fingerprint density at radius 2 is 1.33 bits per heavy atom. The molecule has 18 heavy (non-hydrogen) atoms. The van der Waals surface area contributed by atoms with Gasteiger partial charge in [0.15, 0.2) is 5.43 Å². The molecule has 1 heterocycles. The maximum absolute atomic E-state index is 12.3. The van der Waals surface area contributed by atoms with Gasteiger partial charge in [-0.25, -0.2) is 0 Å². The predicted octanol–water partition coefficient (Wildman–Crippen LogP) is 2.81. The molecule has 0 aliphatic rings. The van der Waals surface area contributed by atoms with Crippen LogP contribution >= 0.6 is 0 Å². The lowest BCUT2D eigenvalue weighted by molar-refractivity contribution is 0.0946. The van der Waals surface area contributed by atoms with Crippen molar-refractivity contribution in [3.8, 4) is 0 Å². The SMILES string of the molecule is CC(=O)n1c2ccccc2c(=O)c2ccccc21. The van der Waals surface area contributed by atoms with Gasteiger partial charge in [0, 0.05) is 17.7 Å². The van der Waals surface area contributed by atoms with Crippen LogP contribution in [0.2, 0.25) is 0 Å². The molecule has 0 amide bonds. The van der Waals surface area contributed by atoms with Crippen LogP contribution in [-0.4, -0.2) is 10.5 Å². The Morgan fingerprint density at radius 1 is 0.889 bits per heavy atom. The standard InChI is InChI=1S/C15H11NO2/c1-10(17)16-13-8-4-2-6-11(13)15(18)12-7-3-5-9-14(12)16/h2-9H,1H3. The van der Waals surface area contributed by atoms with Gasteiger partial charge in [0.05, 0.1) is 11.0 Å². The summed E-state index contributed by atoms with van der Waals surface area (Å²) in [6.07, 6.45) is 0. The van der Waals surface area contributed by atoms with Gasteiger partial charge in [-0.15, -0.1) is 0 Å².